The average molecular weight is 340 g/mol. The molecule has 0 spiro atoms. The SMILES string of the molecule is CC(NC(=O)c1cnccc1Cl)c1cccc(Br)c1. The number of amides is 1. The van der Waals surface area contributed by atoms with E-state index >= 15 is 0 Å². The highest BCUT2D eigenvalue weighted by Gasteiger charge is 2.14. The zero-order chi connectivity index (χ0) is 13.8. The number of nitrogens with zero attached hydrogens (tertiary/aromatic N) is 1. The molecule has 0 saturated carbocycles. The van der Waals surface area contributed by atoms with E-state index in [1.54, 1.807) is 12.3 Å². The second-order valence-electron chi connectivity index (χ2n) is 4.11. The number of halogens is 2. The van der Waals surface area contributed by atoms with Crippen LogP contribution < -0.4 is 5.32 Å². The number of aromatic nitrogens is 1. The highest BCUT2D eigenvalue weighted by Crippen LogP contribution is 2.19. The normalized spacial score (nSPS) is 11.9. The van der Waals surface area contributed by atoms with Crippen molar-refractivity contribution in [2.75, 3.05) is 0 Å². The minimum atomic E-state index is -0.231. The fraction of sp³-hybridized carbons (Fsp3) is 0.143. The van der Waals surface area contributed by atoms with Gasteiger partial charge in [-0.25, -0.2) is 0 Å². The lowest BCUT2D eigenvalue weighted by atomic mass is 10.1. The lowest BCUT2D eigenvalue weighted by Crippen LogP contribution is -2.27. The minimum Gasteiger partial charge on any atom is -0.345 e. The van der Waals surface area contributed by atoms with Gasteiger partial charge < -0.3 is 5.32 Å². The van der Waals surface area contributed by atoms with Crippen LogP contribution in [0.3, 0.4) is 0 Å². The van der Waals surface area contributed by atoms with E-state index in [2.05, 4.69) is 26.2 Å². The fourth-order valence-corrected chi connectivity index (χ4v) is 2.29. The molecule has 98 valence electrons. The van der Waals surface area contributed by atoms with E-state index in [9.17, 15) is 4.79 Å². The summed E-state index contributed by atoms with van der Waals surface area (Å²) in [5.74, 6) is -0.231. The number of carbonyl (C=O) groups is 1. The van der Waals surface area contributed by atoms with Gasteiger partial charge in [-0.05, 0) is 30.7 Å². The molecule has 3 nitrogen and oxygen atoms in total. The van der Waals surface area contributed by atoms with E-state index in [0.29, 0.717) is 10.6 Å². The van der Waals surface area contributed by atoms with Crippen molar-refractivity contribution in [3.05, 3.63) is 63.3 Å². The fourth-order valence-electron chi connectivity index (χ4n) is 1.68. The third-order valence-electron chi connectivity index (χ3n) is 2.71. The van der Waals surface area contributed by atoms with E-state index in [4.69, 9.17) is 11.6 Å². The summed E-state index contributed by atoms with van der Waals surface area (Å²) in [5, 5.41) is 3.29. The number of carbonyl (C=O) groups excluding carboxylic acids is 1. The maximum atomic E-state index is 12.1. The van der Waals surface area contributed by atoms with Crippen LogP contribution in [0.5, 0.6) is 0 Å². The topological polar surface area (TPSA) is 42.0 Å². The molecule has 2 aromatic rings. The Labute approximate surface area is 125 Å². The van der Waals surface area contributed by atoms with Crippen molar-refractivity contribution >= 4 is 33.4 Å². The summed E-state index contributed by atoms with van der Waals surface area (Å²) in [6.45, 7) is 1.92. The lowest BCUT2D eigenvalue weighted by Gasteiger charge is -2.15. The van der Waals surface area contributed by atoms with Crippen molar-refractivity contribution < 1.29 is 4.79 Å². The van der Waals surface area contributed by atoms with Crippen molar-refractivity contribution in [3.63, 3.8) is 0 Å². The number of hydrogen-bond donors (Lipinski definition) is 1. The van der Waals surface area contributed by atoms with Crippen LogP contribution in [-0.4, -0.2) is 10.9 Å². The molecule has 1 aromatic carbocycles. The van der Waals surface area contributed by atoms with Gasteiger partial charge in [-0.3, -0.25) is 9.78 Å². The summed E-state index contributed by atoms with van der Waals surface area (Å²) in [7, 11) is 0. The zero-order valence-corrected chi connectivity index (χ0v) is 12.6. The van der Waals surface area contributed by atoms with Gasteiger partial charge in [0.15, 0.2) is 0 Å². The van der Waals surface area contributed by atoms with Gasteiger partial charge in [0.2, 0.25) is 0 Å². The van der Waals surface area contributed by atoms with Crippen LogP contribution >= 0.6 is 27.5 Å². The number of nitrogens with one attached hydrogen (secondary N) is 1. The molecule has 19 heavy (non-hydrogen) atoms. The van der Waals surface area contributed by atoms with Crippen LogP contribution in [0.4, 0.5) is 0 Å². The van der Waals surface area contributed by atoms with Gasteiger partial charge in [-0.1, -0.05) is 39.7 Å². The number of rotatable bonds is 3. The van der Waals surface area contributed by atoms with Crippen molar-refractivity contribution in [1.29, 1.82) is 0 Å². The largest absolute Gasteiger partial charge is 0.345 e. The lowest BCUT2D eigenvalue weighted by molar-refractivity contribution is 0.0939. The molecule has 0 saturated heterocycles. The van der Waals surface area contributed by atoms with E-state index in [-0.39, 0.29) is 11.9 Å². The van der Waals surface area contributed by atoms with Gasteiger partial charge in [0.25, 0.3) is 5.91 Å². The van der Waals surface area contributed by atoms with E-state index < -0.39 is 0 Å². The Morgan fingerprint density at radius 2 is 2.21 bits per heavy atom. The molecule has 0 bridgehead atoms. The van der Waals surface area contributed by atoms with Crippen LogP contribution in [-0.2, 0) is 0 Å². The van der Waals surface area contributed by atoms with Gasteiger partial charge in [0.05, 0.1) is 16.6 Å². The molecule has 1 heterocycles. The first-order valence-electron chi connectivity index (χ1n) is 5.74. The quantitative estimate of drug-likeness (QED) is 0.918. The van der Waals surface area contributed by atoms with Crippen LogP contribution in [0.15, 0.2) is 47.2 Å². The number of hydrogen-bond acceptors (Lipinski definition) is 2. The highest BCUT2D eigenvalue weighted by atomic mass is 79.9. The molecule has 1 aromatic heterocycles. The molecular weight excluding hydrogens is 328 g/mol. The van der Waals surface area contributed by atoms with Crippen LogP contribution in [0.1, 0.15) is 28.9 Å². The highest BCUT2D eigenvalue weighted by molar-refractivity contribution is 9.10. The number of pyridine rings is 1. The molecule has 0 aliphatic heterocycles. The minimum absolute atomic E-state index is 0.110. The summed E-state index contributed by atoms with van der Waals surface area (Å²) >= 11 is 9.37. The predicted molar refractivity (Wildman–Crippen MR) is 79.3 cm³/mol. The smallest absolute Gasteiger partial charge is 0.254 e. The Morgan fingerprint density at radius 3 is 2.89 bits per heavy atom. The van der Waals surface area contributed by atoms with Gasteiger partial charge in [0.1, 0.15) is 0 Å². The first kappa shape index (κ1) is 14.0. The molecule has 1 amide bonds. The molecule has 0 fully saturated rings. The molecule has 2 rings (SSSR count). The van der Waals surface area contributed by atoms with Crippen molar-refractivity contribution in [3.8, 4) is 0 Å². The molecule has 1 atom stereocenters. The van der Waals surface area contributed by atoms with E-state index in [1.807, 2.05) is 31.2 Å². The predicted octanol–water partition coefficient (Wildman–Crippen LogP) is 3.99. The molecular formula is C14H12BrClN2O. The van der Waals surface area contributed by atoms with Crippen LogP contribution in [0.25, 0.3) is 0 Å². The van der Waals surface area contributed by atoms with Crippen LogP contribution in [0, 0.1) is 0 Å². The maximum absolute atomic E-state index is 12.1. The third-order valence-corrected chi connectivity index (χ3v) is 3.53. The van der Waals surface area contributed by atoms with Gasteiger partial charge >= 0.3 is 0 Å². The molecule has 1 unspecified atom stereocenters. The van der Waals surface area contributed by atoms with E-state index in [0.717, 1.165) is 10.0 Å². The van der Waals surface area contributed by atoms with Crippen molar-refractivity contribution in [1.82, 2.24) is 10.3 Å². The summed E-state index contributed by atoms with van der Waals surface area (Å²) in [5.41, 5.74) is 1.40. The Morgan fingerprint density at radius 1 is 1.42 bits per heavy atom. The van der Waals surface area contributed by atoms with Gasteiger partial charge in [-0.15, -0.1) is 0 Å². The molecule has 0 aliphatic rings. The molecule has 5 heteroatoms. The van der Waals surface area contributed by atoms with Crippen molar-refractivity contribution in [2.45, 2.75) is 13.0 Å². The summed E-state index contributed by atoms with van der Waals surface area (Å²) in [6, 6.07) is 9.28. The summed E-state index contributed by atoms with van der Waals surface area (Å²) < 4.78 is 0.977. The second kappa shape index (κ2) is 6.17. The van der Waals surface area contributed by atoms with E-state index in [1.165, 1.54) is 6.20 Å². The Bertz CT molecular complexity index is 604. The standard InChI is InChI=1S/C14H12BrClN2O/c1-9(10-3-2-4-11(15)7-10)18-14(19)12-8-17-6-5-13(12)16/h2-9H,1H3,(H,18,19). The maximum Gasteiger partial charge on any atom is 0.254 e. The number of benzene rings is 1. The monoisotopic (exact) mass is 338 g/mol. The Kier molecular flexibility index (Phi) is 4.56. The summed E-state index contributed by atoms with van der Waals surface area (Å²) in [4.78, 5) is 16.0. The Hall–Kier alpha value is -1.39. The van der Waals surface area contributed by atoms with Crippen molar-refractivity contribution in [2.24, 2.45) is 0 Å². The Balaban J connectivity index is 2.13. The molecule has 1 N–H and O–H groups in total. The summed E-state index contributed by atoms with van der Waals surface area (Å²) in [6.07, 6.45) is 3.02. The zero-order valence-electron chi connectivity index (χ0n) is 10.2. The van der Waals surface area contributed by atoms with Gasteiger partial charge in [0, 0.05) is 16.9 Å². The second-order valence-corrected chi connectivity index (χ2v) is 5.43. The molecule has 0 aliphatic carbocycles. The van der Waals surface area contributed by atoms with Crippen LogP contribution in [0.2, 0.25) is 5.02 Å². The van der Waals surface area contributed by atoms with Gasteiger partial charge in [-0.2, -0.15) is 0 Å². The first-order chi connectivity index (χ1) is 9.08. The third kappa shape index (κ3) is 3.55. The average Bonchev–Trinajstić information content (AvgIpc) is 2.39. The first-order valence-corrected chi connectivity index (χ1v) is 6.91. The molecule has 0 radical (unpaired) electrons.